The van der Waals surface area contributed by atoms with Crippen LogP contribution >= 0.6 is 11.3 Å². The molecule has 0 bridgehead atoms. The number of thiazole rings is 1. The average molecular weight is 287 g/mol. The third-order valence-corrected chi connectivity index (χ3v) is 3.80. The van der Waals surface area contributed by atoms with Crippen molar-refractivity contribution in [2.24, 2.45) is 0 Å². The van der Waals surface area contributed by atoms with Crippen LogP contribution < -0.4 is 0 Å². The summed E-state index contributed by atoms with van der Waals surface area (Å²) in [5, 5.41) is 11.1. The molecule has 1 aromatic carbocycles. The molecule has 0 spiro atoms. The van der Waals surface area contributed by atoms with Crippen molar-refractivity contribution in [3.63, 3.8) is 0 Å². The summed E-state index contributed by atoms with van der Waals surface area (Å²) in [6, 6.07) is 8.77. The van der Waals surface area contributed by atoms with Crippen LogP contribution in [0.25, 0.3) is 0 Å². The molecule has 1 heterocycles. The van der Waals surface area contributed by atoms with E-state index in [0.717, 1.165) is 16.9 Å². The zero-order valence-electron chi connectivity index (χ0n) is 9.89. The minimum atomic E-state index is -4.74. The second kappa shape index (κ2) is 5.30. The summed E-state index contributed by atoms with van der Waals surface area (Å²) in [6.07, 6.45) is -3.77. The number of rotatable bonds is 4. The van der Waals surface area contributed by atoms with Crippen molar-refractivity contribution in [2.45, 2.75) is 24.6 Å². The van der Waals surface area contributed by atoms with Gasteiger partial charge >= 0.3 is 6.18 Å². The van der Waals surface area contributed by atoms with Crippen LogP contribution in [0.3, 0.4) is 0 Å². The van der Waals surface area contributed by atoms with Gasteiger partial charge < -0.3 is 5.11 Å². The van der Waals surface area contributed by atoms with Crippen molar-refractivity contribution < 1.29 is 18.3 Å². The summed E-state index contributed by atoms with van der Waals surface area (Å²) in [6.45, 7) is 0. The van der Waals surface area contributed by atoms with Gasteiger partial charge in [-0.25, -0.2) is 4.98 Å². The summed E-state index contributed by atoms with van der Waals surface area (Å²) in [5.74, 6) is 0. The van der Waals surface area contributed by atoms with Crippen LogP contribution in [-0.2, 0) is 12.0 Å². The van der Waals surface area contributed by atoms with Crippen LogP contribution in [-0.4, -0.2) is 16.3 Å². The van der Waals surface area contributed by atoms with Gasteiger partial charge in [-0.1, -0.05) is 30.3 Å². The monoisotopic (exact) mass is 287 g/mol. The molecule has 0 aliphatic carbocycles. The highest BCUT2D eigenvalue weighted by atomic mass is 32.1. The summed E-state index contributed by atoms with van der Waals surface area (Å²) < 4.78 is 39.3. The highest BCUT2D eigenvalue weighted by Gasteiger charge is 2.56. The molecule has 2 nitrogen and oxygen atoms in total. The number of alkyl halides is 3. The number of nitrogens with zero attached hydrogens (tertiary/aromatic N) is 1. The number of hydrogen-bond donors (Lipinski definition) is 1. The number of aliphatic hydroxyl groups is 1. The Morgan fingerprint density at radius 3 is 2.37 bits per heavy atom. The smallest absolute Gasteiger partial charge is 0.374 e. The van der Waals surface area contributed by atoms with E-state index in [1.807, 2.05) is 0 Å². The summed E-state index contributed by atoms with van der Waals surface area (Å²) in [7, 11) is 0. The Balaban J connectivity index is 2.21. The van der Waals surface area contributed by atoms with E-state index in [1.54, 1.807) is 30.3 Å². The van der Waals surface area contributed by atoms with Gasteiger partial charge in [0.25, 0.3) is 0 Å². The van der Waals surface area contributed by atoms with E-state index in [4.69, 9.17) is 0 Å². The largest absolute Gasteiger partial charge is 0.423 e. The van der Waals surface area contributed by atoms with Crippen LogP contribution in [0.1, 0.15) is 17.0 Å². The van der Waals surface area contributed by atoms with Gasteiger partial charge in [0.2, 0.25) is 5.60 Å². The fourth-order valence-corrected chi connectivity index (χ4v) is 2.55. The number of benzene rings is 1. The molecule has 1 unspecified atom stereocenters. The molecule has 19 heavy (non-hydrogen) atoms. The first kappa shape index (κ1) is 14.0. The second-order valence-electron chi connectivity index (χ2n) is 4.18. The van der Waals surface area contributed by atoms with Crippen molar-refractivity contribution in [2.75, 3.05) is 0 Å². The van der Waals surface area contributed by atoms with E-state index in [9.17, 15) is 18.3 Å². The SMILES string of the molecule is OC(CCc1ccccc1)(c1nccs1)C(F)(F)F. The number of aryl methyl sites for hydroxylation is 1. The first-order valence-electron chi connectivity index (χ1n) is 5.66. The van der Waals surface area contributed by atoms with Crippen molar-refractivity contribution >= 4 is 11.3 Å². The first-order valence-corrected chi connectivity index (χ1v) is 6.54. The fourth-order valence-electron chi connectivity index (χ4n) is 1.77. The molecule has 1 aromatic heterocycles. The Kier molecular flexibility index (Phi) is 3.91. The minimum Gasteiger partial charge on any atom is -0.374 e. The van der Waals surface area contributed by atoms with Crippen molar-refractivity contribution in [1.82, 2.24) is 4.98 Å². The van der Waals surface area contributed by atoms with Gasteiger partial charge in [0, 0.05) is 11.6 Å². The van der Waals surface area contributed by atoms with Gasteiger partial charge in [-0.3, -0.25) is 0 Å². The highest BCUT2D eigenvalue weighted by molar-refractivity contribution is 7.09. The van der Waals surface area contributed by atoms with Crippen LogP contribution in [0.15, 0.2) is 41.9 Å². The van der Waals surface area contributed by atoms with E-state index >= 15 is 0 Å². The maximum Gasteiger partial charge on any atom is 0.423 e. The van der Waals surface area contributed by atoms with Crippen LogP contribution in [0.4, 0.5) is 13.2 Å². The van der Waals surface area contributed by atoms with Gasteiger partial charge in [0.15, 0.2) is 0 Å². The molecule has 0 aliphatic heterocycles. The summed E-state index contributed by atoms with van der Waals surface area (Å²) >= 11 is 0.811. The molecule has 0 fully saturated rings. The molecular formula is C13H12F3NOS. The van der Waals surface area contributed by atoms with Crippen LogP contribution in [0, 0.1) is 0 Å². The molecule has 102 valence electrons. The third kappa shape index (κ3) is 2.96. The lowest BCUT2D eigenvalue weighted by Crippen LogP contribution is -2.42. The fraction of sp³-hybridized carbons (Fsp3) is 0.308. The second-order valence-corrected chi connectivity index (χ2v) is 5.08. The van der Waals surface area contributed by atoms with Crippen LogP contribution in [0.5, 0.6) is 0 Å². The molecule has 2 aromatic rings. The Bertz CT molecular complexity index is 512. The van der Waals surface area contributed by atoms with Gasteiger partial charge in [0.1, 0.15) is 5.01 Å². The minimum absolute atomic E-state index is 0.135. The molecule has 0 saturated heterocycles. The Morgan fingerprint density at radius 1 is 1.16 bits per heavy atom. The Hall–Kier alpha value is -1.40. The molecule has 0 amide bonds. The molecule has 1 atom stereocenters. The van der Waals surface area contributed by atoms with E-state index in [1.165, 1.54) is 11.6 Å². The number of aromatic nitrogens is 1. The normalized spacial score (nSPS) is 15.2. The summed E-state index contributed by atoms with van der Waals surface area (Å²) in [4.78, 5) is 3.62. The number of hydrogen-bond acceptors (Lipinski definition) is 3. The van der Waals surface area contributed by atoms with E-state index in [2.05, 4.69) is 4.98 Å². The van der Waals surface area contributed by atoms with Crippen molar-refractivity contribution in [1.29, 1.82) is 0 Å². The lowest BCUT2D eigenvalue weighted by Gasteiger charge is -2.28. The predicted molar refractivity (Wildman–Crippen MR) is 66.8 cm³/mol. The molecule has 1 N–H and O–H groups in total. The van der Waals surface area contributed by atoms with E-state index in [0.29, 0.717) is 0 Å². The zero-order chi connectivity index (χ0) is 13.9. The molecule has 0 saturated carbocycles. The average Bonchev–Trinajstić information content (AvgIpc) is 2.90. The maximum absolute atomic E-state index is 13.1. The quantitative estimate of drug-likeness (QED) is 0.933. The van der Waals surface area contributed by atoms with Gasteiger partial charge in [-0.05, 0) is 18.4 Å². The third-order valence-electron chi connectivity index (χ3n) is 2.87. The van der Waals surface area contributed by atoms with E-state index < -0.39 is 18.2 Å². The van der Waals surface area contributed by atoms with Gasteiger partial charge in [-0.2, -0.15) is 13.2 Å². The maximum atomic E-state index is 13.1. The molecule has 2 rings (SSSR count). The van der Waals surface area contributed by atoms with E-state index in [-0.39, 0.29) is 11.4 Å². The summed E-state index contributed by atoms with van der Waals surface area (Å²) in [5.41, 5.74) is -2.13. The zero-order valence-corrected chi connectivity index (χ0v) is 10.7. The van der Waals surface area contributed by atoms with Gasteiger partial charge in [-0.15, -0.1) is 11.3 Å². The Morgan fingerprint density at radius 2 is 1.84 bits per heavy atom. The predicted octanol–water partition coefficient (Wildman–Crippen LogP) is 3.53. The van der Waals surface area contributed by atoms with Crippen LogP contribution in [0.2, 0.25) is 0 Å². The topological polar surface area (TPSA) is 33.1 Å². The first-order chi connectivity index (χ1) is 8.93. The number of halogens is 3. The lowest BCUT2D eigenvalue weighted by molar-refractivity contribution is -0.269. The highest BCUT2D eigenvalue weighted by Crippen LogP contribution is 2.42. The van der Waals surface area contributed by atoms with Gasteiger partial charge in [0.05, 0.1) is 0 Å². The molecular weight excluding hydrogens is 275 g/mol. The van der Waals surface area contributed by atoms with Crippen molar-refractivity contribution in [3.8, 4) is 0 Å². The molecule has 0 radical (unpaired) electrons. The molecule has 0 aliphatic rings. The van der Waals surface area contributed by atoms with Crippen molar-refractivity contribution in [3.05, 3.63) is 52.5 Å². The lowest BCUT2D eigenvalue weighted by atomic mass is 9.95. The molecule has 6 heteroatoms. The Labute approximate surface area is 112 Å². The standard InChI is InChI=1S/C13H12F3NOS/c14-13(15,16)12(18,11-17-8-9-19-11)7-6-10-4-2-1-3-5-10/h1-5,8-9,18H,6-7H2.